The van der Waals surface area contributed by atoms with E-state index in [2.05, 4.69) is 25.6 Å². The van der Waals surface area contributed by atoms with Crippen LogP contribution in [0.4, 0.5) is 14.6 Å². The lowest BCUT2D eigenvalue weighted by Gasteiger charge is -2.28. The van der Waals surface area contributed by atoms with E-state index in [0.717, 1.165) is 0 Å². The van der Waals surface area contributed by atoms with Crippen LogP contribution < -0.4 is 10.6 Å². The van der Waals surface area contributed by atoms with E-state index < -0.39 is 23.6 Å². The molecule has 0 aliphatic carbocycles. The minimum Gasteiger partial charge on any atom is -0.384 e. The number of fused-ring (bicyclic) bond motifs is 1. The summed E-state index contributed by atoms with van der Waals surface area (Å²) in [6, 6.07) is 2.30. The molecule has 0 spiro atoms. The van der Waals surface area contributed by atoms with Gasteiger partial charge in [0.05, 0.1) is 35.5 Å². The van der Waals surface area contributed by atoms with Crippen molar-refractivity contribution < 1.29 is 13.9 Å². The lowest BCUT2D eigenvalue weighted by atomic mass is 10.1. The van der Waals surface area contributed by atoms with Crippen LogP contribution >= 0.6 is 0 Å². The molecule has 2 unspecified atom stereocenters. The van der Waals surface area contributed by atoms with Crippen LogP contribution in [0.2, 0.25) is 0 Å². The van der Waals surface area contributed by atoms with Gasteiger partial charge in [-0.2, -0.15) is 0 Å². The standard InChI is InChI=1S/C19H22F2N6O/c1-19(2,28)16-10-27-15(8-24-17(27)9-23-16)13-4-3-12(21)18(25-13)26-14-7-22-6-5-11(14)20/h3-4,8-11,14,22,28H,5-7H2,1-2H3,(H,25,26). The molecular formula is C19H22F2N6O. The molecule has 1 aliphatic rings. The Labute approximate surface area is 160 Å². The first-order valence-corrected chi connectivity index (χ1v) is 9.17. The van der Waals surface area contributed by atoms with Gasteiger partial charge in [-0.15, -0.1) is 0 Å². The van der Waals surface area contributed by atoms with E-state index in [-0.39, 0.29) is 5.82 Å². The second-order valence-corrected chi connectivity index (χ2v) is 7.49. The Morgan fingerprint density at radius 1 is 1.29 bits per heavy atom. The molecule has 7 nitrogen and oxygen atoms in total. The van der Waals surface area contributed by atoms with Crippen LogP contribution in [0, 0.1) is 5.82 Å². The number of alkyl halides is 1. The molecular weight excluding hydrogens is 366 g/mol. The Balaban J connectivity index is 1.71. The first kappa shape index (κ1) is 18.7. The molecule has 4 heterocycles. The maximum atomic E-state index is 14.3. The summed E-state index contributed by atoms with van der Waals surface area (Å²) in [6.07, 6.45) is 4.15. The van der Waals surface area contributed by atoms with Gasteiger partial charge < -0.3 is 15.7 Å². The van der Waals surface area contributed by atoms with Crippen molar-refractivity contribution in [2.45, 2.75) is 38.1 Å². The van der Waals surface area contributed by atoms with Gasteiger partial charge >= 0.3 is 0 Å². The number of pyridine rings is 1. The predicted octanol–water partition coefficient (Wildman–Crippen LogP) is 2.27. The van der Waals surface area contributed by atoms with Crippen molar-refractivity contribution >= 4 is 11.5 Å². The molecule has 148 valence electrons. The Morgan fingerprint density at radius 3 is 2.86 bits per heavy atom. The maximum Gasteiger partial charge on any atom is 0.165 e. The first-order valence-electron chi connectivity index (χ1n) is 9.17. The number of rotatable bonds is 4. The monoisotopic (exact) mass is 388 g/mol. The fourth-order valence-corrected chi connectivity index (χ4v) is 3.22. The van der Waals surface area contributed by atoms with Crippen LogP contribution in [0.1, 0.15) is 26.0 Å². The molecule has 3 N–H and O–H groups in total. The second kappa shape index (κ2) is 7.06. The summed E-state index contributed by atoms with van der Waals surface area (Å²) < 4.78 is 30.1. The Bertz CT molecular complexity index is 1000. The fraction of sp³-hybridized carbons (Fsp3) is 0.421. The average molecular weight is 388 g/mol. The van der Waals surface area contributed by atoms with Crippen LogP contribution in [0.5, 0.6) is 0 Å². The van der Waals surface area contributed by atoms with Gasteiger partial charge in [0.2, 0.25) is 0 Å². The lowest BCUT2D eigenvalue weighted by molar-refractivity contribution is 0.0734. The molecule has 3 aromatic rings. The normalized spacial score (nSPS) is 20.5. The highest BCUT2D eigenvalue weighted by Crippen LogP contribution is 2.25. The molecule has 1 fully saturated rings. The Hall–Kier alpha value is -2.65. The van der Waals surface area contributed by atoms with Gasteiger partial charge in [-0.05, 0) is 38.9 Å². The smallest absolute Gasteiger partial charge is 0.165 e. The van der Waals surface area contributed by atoms with E-state index in [1.165, 1.54) is 6.07 Å². The number of hydrogen-bond donors (Lipinski definition) is 3. The summed E-state index contributed by atoms with van der Waals surface area (Å²) in [5, 5.41) is 16.2. The summed E-state index contributed by atoms with van der Waals surface area (Å²) >= 11 is 0. The van der Waals surface area contributed by atoms with Gasteiger partial charge in [0.25, 0.3) is 0 Å². The Kier molecular flexibility index (Phi) is 4.72. The number of hydrogen-bond acceptors (Lipinski definition) is 6. The molecule has 0 saturated carbocycles. The topological polar surface area (TPSA) is 87.4 Å². The van der Waals surface area contributed by atoms with Crippen molar-refractivity contribution in [3.05, 3.63) is 42.2 Å². The van der Waals surface area contributed by atoms with E-state index in [4.69, 9.17) is 0 Å². The highest BCUT2D eigenvalue weighted by molar-refractivity contribution is 5.62. The zero-order chi connectivity index (χ0) is 19.9. The number of piperidine rings is 1. The lowest BCUT2D eigenvalue weighted by Crippen LogP contribution is -2.46. The molecule has 1 aliphatic heterocycles. The van der Waals surface area contributed by atoms with Gasteiger partial charge in [-0.1, -0.05) is 0 Å². The molecule has 3 aromatic heterocycles. The second-order valence-electron chi connectivity index (χ2n) is 7.49. The van der Waals surface area contributed by atoms with Crippen molar-refractivity contribution in [3.63, 3.8) is 0 Å². The summed E-state index contributed by atoms with van der Waals surface area (Å²) in [4.78, 5) is 12.9. The number of aromatic nitrogens is 4. The predicted molar refractivity (Wildman–Crippen MR) is 101 cm³/mol. The highest BCUT2D eigenvalue weighted by Gasteiger charge is 2.26. The summed E-state index contributed by atoms with van der Waals surface area (Å²) in [5.74, 6) is -0.547. The van der Waals surface area contributed by atoms with Crippen LogP contribution in [0.3, 0.4) is 0 Å². The largest absolute Gasteiger partial charge is 0.384 e. The molecule has 4 rings (SSSR count). The van der Waals surface area contributed by atoms with E-state index >= 15 is 0 Å². The van der Waals surface area contributed by atoms with Crippen LogP contribution in [-0.4, -0.2) is 49.8 Å². The third-order valence-corrected chi connectivity index (χ3v) is 4.85. The molecule has 0 radical (unpaired) electrons. The van der Waals surface area contributed by atoms with Crippen molar-refractivity contribution in [2.24, 2.45) is 0 Å². The molecule has 28 heavy (non-hydrogen) atoms. The van der Waals surface area contributed by atoms with Gasteiger partial charge in [0.1, 0.15) is 11.8 Å². The molecule has 9 heteroatoms. The third-order valence-electron chi connectivity index (χ3n) is 4.85. The molecule has 0 bridgehead atoms. The minimum absolute atomic E-state index is 0.000526. The van der Waals surface area contributed by atoms with E-state index in [1.54, 1.807) is 42.9 Å². The number of anilines is 1. The molecule has 1 saturated heterocycles. The van der Waals surface area contributed by atoms with Gasteiger partial charge in [0, 0.05) is 12.7 Å². The van der Waals surface area contributed by atoms with E-state index in [9.17, 15) is 13.9 Å². The third kappa shape index (κ3) is 3.55. The maximum absolute atomic E-state index is 14.3. The van der Waals surface area contributed by atoms with E-state index in [0.29, 0.717) is 42.2 Å². The summed E-state index contributed by atoms with van der Waals surface area (Å²) in [7, 11) is 0. The summed E-state index contributed by atoms with van der Waals surface area (Å²) in [6.45, 7) is 4.29. The zero-order valence-corrected chi connectivity index (χ0v) is 15.7. The zero-order valence-electron chi connectivity index (χ0n) is 15.7. The van der Waals surface area contributed by atoms with Gasteiger partial charge in [0.15, 0.2) is 17.3 Å². The average Bonchev–Trinajstić information content (AvgIpc) is 3.08. The molecule has 0 aromatic carbocycles. The van der Waals surface area contributed by atoms with Crippen LogP contribution in [-0.2, 0) is 5.60 Å². The van der Waals surface area contributed by atoms with E-state index in [1.807, 2.05) is 0 Å². The summed E-state index contributed by atoms with van der Waals surface area (Å²) in [5.41, 5.74) is 1.01. The van der Waals surface area contributed by atoms with Gasteiger partial charge in [-0.3, -0.25) is 9.38 Å². The van der Waals surface area contributed by atoms with Crippen molar-refractivity contribution in [2.75, 3.05) is 18.4 Å². The quantitative estimate of drug-likeness (QED) is 0.636. The fourth-order valence-electron chi connectivity index (χ4n) is 3.22. The van der Waals surface area contributed by atoms with Crippen molar-refractivity contribution in [1.82, 2.24) is 24.7 Å². The number of nitrogens with zero attached hydrogens (tertiary/aromatic N) is 4. The number of nitrogens with one attached hydrogen (secondary N) is 2. The number of aliphatic hydroxyl groups is 1. The van der Waals surface area contributed by atoms with Crippen molar-refractivity contribution in [3.8, 4) is 11.4 Å². The van der Waals surface area contributed by atoms with Crippen molar-refractivity contribution in [1.29, 1.82) is 0 Å². The SMILES string of the molecule is CC(C)(O)c1cn2c(-c3ccc(F)c(NC4CNCCC4F)n3)cnc2cn1. The first-order chi connectivity index (χ1) is 13.3. The molecule has 2 atom stereocenters. The minimum atomic E-state index is -1.12. The molecule has 0 amide bonds. The van der Waals surface area contributed by atoms with Crippen LogP contribution in [0.25, 0.3) is 17.0 Å². The van der Waals surface area contributed by atoms with Gasteiger partial charge in [-0.25, -0.2) is 18.7 Å². The Morgan fingerprint density at radius 2 is 2.11 bits per heavy atom. The number of halogens is 2. The number of imidazole rings is 1. The highest BCUT2D eigenvalue weighted by atomic mass is 19.1. The van der Waals surface area contributed by atoms with Crippen LogP contribution in [0.15, 0.2) is 30.7 Å².